The summed E-state index contributed by atoms with van der Waals surface area (Å²) in [6.07, 6.45) is 4.23. The summed E-state index contributed by atoms with van der Waals surface area (Å²) >= 11 is 2.98. The summed E-state index contributed by atoms with van der Waals surface area (Å²) in [4.78, 5) is 34.0. The van der Waals surface area contributed by atoms with Gasteiger partial charge in [-0.15, -0.1) is 11.3 Å². The first-order chi connectivity index (χ1) is 17.1. The number of fused-ring (bicyclic) bond motifs is 4. The lowest BCUT2D eigenvalue weighted by Gasteiger charge is -2.14. The minimum Gasteiger partial charge on any atom is -0.293 e. The van der Waals surface area contributed by atoms with E-state index in [-0.39, 0.29) is 17.1 Å². The topological polar surface area (TPSA) is 52.0 Å². The molecular formula is C29H24N2O2S2. The van der Waals surface area contributed by atoms with Crippen molar-refractivity contribution in [3.8, 4) is 5.69 Å². The quantitative estimate of drug-likeness (QED) is 0.153. The number of Topliss-reactive ketones (excluding diaryl/α,β-unsaturated/α-hetero) is 1. The molecule has 2 aromatic heterocycles. The molecule has 0 radical (unpaired) electrons. The first-order valence-electron chi connectivity index (χ1n) is 11.9. The predicted molar refractivity (Wildman–Crippen MR) is 146 cm³/mol. The van der Waals surface area contributed by atoms with E-state index in [1.54, 1.807) is 15.9 Å². The monoisotopic (exact) mass is 496 g/mol. The first-order valence-corrected chi connectivity index (χ1v) is 13.7. The molecule has 0 atom stereocenters. The molecule has 0 amide bonds. The van der Waals surface area contributed by atoms with Gasteiger partial charge in [0.2, 0.25) is 0 Å². The minimum atomic E-state index is -0.0288. The molecule has 6 rings (SSSR count). The van der Waals surface area contributed by atoms with Crippen LogP contribution in [0, 0.1) is 6.92 Å². The second kappa shape index (κ2) is 9.10. The Hall–Kier alpha value is -3.22. The van der Waals surface area contributed by atoms with E-state index in [4.69, 9.17) is 4.98 Å². The van der Waals surface area contributed by atoms with E-state index >= 15 is 0 Å². The average Bonchev–Trinajstić information content (AvgIpc) is 3.26. The Kier molecular flexibility index (Phi) is 5.78. The fourth-order valence-corrected chi connectivity index (χ4v) is 6.99. The van der Waals surface area contributed by atoms with Crippen molar-refractivity contribution in [3.63, 3.8) is 0 Å². The fraction of sp³-hybridized carbons (Fsp3) is 0.207. The fourth-order valence-electron chi connectivity index (χ4n) is 4.78. The van der Waals surface area contributed by atoms with E-state index in [2.05, 4.69) is 0 Å². The maximum absolute atomic E-state index is 13.9. The van der Waals surface area contributed by atoms with Crippen LogP contribution >= 0.6 is 23.1 Å². The SMILES string of the molecule is Cc1ccc(-n2c(SCC(=O)c3ccc4ccccc4c3)nc3sc4c(c3c2=O)CCCC4)cc1. The highest BCUT2D eigenvalue weighted by atomic mass is 32.2. The van der Waals surface area contributed by atoms with Gasteiger partial charge in [0, 0.05) is 10.4 Å². The van der Waals surface area contributed by atoms with Crippen LogP contribution in [0.5, 0.6) is 0 Å². The van der Waals surface area contributed by atoms with Gasteiger partial charge in [-0.05, 0) is 67.1 Å². The Labute approximate surface area is 211 Å². The third kappa shape index (κ3) is 4.11. The molecule has 174 valence electrons. The zero-order valence-electron chi connectivity index (χ0n) is 19.4. The Morgan fingerprint density at radius 1 is 1.00 bits per heavy atom. The molecule has 0 saturated heterocycles. The van der Waals surface area contributed by atoms with Crippen molar-refractivity contribution < 1.29 is 4.79 Å². The van der Waals surface area contributed by atoms with E-state index in [0.717, 1.165) is 57.9 Å². The van der Waals surface area contributed by atoms with Crippen molar-refractivity contribution in [1.82, 2.24) is 9.55 Å². The molecule has 0 unspecified atom stereocenters. The molecule has 0 fully saturated rings. The van der Waals surface area contributed by atoms with E-state index in [1.807, 2.05) is 73.7 Å². The smallest absolute Gasteiger partial charge is 0.267 e. The lowest BCUT2D eigenvalue weighted by molar-refractivity contribution is 0.102. The predicted octanol–water partition coefficient (Wildman–Crippen LogP) is 6.76. The average molecular weight is 497 g/mol. The standard InChI is InChI=1S/C29H24N2O2S2/c1-18-10-14-22(15-11-18)31-28(33)26-23-8-4-5-9-25(23)35-27(26)30-29(31)34-17-24(32)21-13-12-19-6-2-3-7-20(19)16-21/h2-3,6-7,10-16H,4-5,8-9,17H2,1H3. The Morgan fingerprint density at radius 3 is 2.60 bits per heavy atom. The third-order valence-electron chi connectivity index (χ3n) is 6.65. The molecule has 0 saturated carbocycles. The molecule has 3 aromatic carbocycles. The molecule has 1 aliphatic carbocycles. The number of hydrogen-bond acceptors (Lipinski definition) is 5. The molecule has 0 spiro atoms. The zero-order chi connectivity index (χ0) is 23.9. The summed E-state index contributed by atoms with van der Waals surface area (Å²) < 4.78 is 1.70. The molecule has 0 N–H and O–H groups in total. The van der Waals surface area contributed by atoms with Gasteiger partial charge in [0.25, 0.3) is 5.56 Å². The zero-order valence-corrected chi connectivity index (χ0v) is 21.0. The summed E-state index contributed by atoms with van der Waals surface area (Å²) in [6, 6.07) is 21.7. The van der Waals surface area contributed by atoms with Crippen molar-refractivity contribution in [2.24, 2.45) is 0 Å². The molecule has 6 heteroatoms. The van der Waals surface area contributed by atoms with Crippen LogP contribution < -0.4 is 5.56 Å². The van der Waals surface area contributed by atoms with Gasteiger partial charge >= 0.3 is 0 Å². The van der Waals surface area contributed by atoms with Gasteiger partial charge in [-0.1, -0.05) is 65.9 Å². The molecular weight excluding hydrogens is 472 g/mol. The second-order valence-electron chi connectivity index (χ2n) is 9.04. The third-order valence-corrected chi connectivity index (χ3v) is 8.78. The van der Waals surface area contributed by atoms with Crippen LogP contribution in [0.4, 0.5) is 0 Å². The van der Waals surface area contributed by atoms with E-state index < -0.39 is 0 Å². The van der Waals surface area contributed by atoms with E-state index in [0.29, 0.717) is 10.7 Å². The molecule has 4 nitrogen and oxygen atoms in total. The van der Waals surface area contributed by atoms with Crippen molar-refractivity contribution in [3.05, 3.63) is 98.7 Å². The van der Waals surface area contributed by atoms with Gasteiger partial charge in [-0.2, -0.15) is 0 Å². The highest BCUT2D eigenvalue weighted by Crippen LogP contribution is 2.35. The van der Waals surface area contributed by atoms with Crippen LogP contribution in [0.25, 0.3) is 26.7 Å². The number of thioether (sulfide) groups is 1. The normalized spacial score (nSPS) is 13.3. The van der Waals surface area contributed by atoms with Crippen LogP contribution in [0.1, 0.15) is 39.2 Å². The summed E-state index contributed by atoms with van der Waals surface area (Å²) in [5, 5.41) is 3.48. The van der Waals surface area contributed by atoms with Gasteiger partial charge in [-0.3, -0.25) is 14.2 Å². The molecule has 2 heterocycles. The molecule has 0 aliphatic heterocycles. The van der Waals surface area contributed by atoms with Crippen molar-refractivity contribution in [2.75, 3.05) is 5.75 Å². The summed E-state index contributed by atoms with van der Waals surface area (Å²) in [5.74, 6) is 0.240. The van der Waals surface area contributed by atoms with Crippen LogP contribution in [0.15, 0.2) is 76.7 Å². The lowest BCUT2D eigenvalue weighted by Crippen LogP contribution is -2.22. The largest absolute Gasteiger partial charge is 0.293 e. The van der Waals surface area contributed by atoms with E-state index in [9.17, 15) is 9.59 Å². The number of rotatable bonds is 5. The van der Waals surface area contributed by atoms with Crippen LogP contribution in [0.2, 0.25) is 0 Å². The van der Waals surface area contributed by atoms with Gasteiger partial charge in [0.1, 0.15) is 4.83 Å². The summed E-state index contributed by atoms with van der Waals surface area (Å²) in [7, 11) is 0. The number of ketones is 1. The molecule has 0 bridgehead atoms. The highest BCUT2D eigenvalue weighted by molar-refractivity contribution is 7.99. The number of benzene rings is 3. The summed E-state index contributed by atoms with van der Waals surface area (Å²) in [5.41, 5.74) is 3.74. The number of carbonyl (C=O) groups is 1. The number of hydrogen-bond donors (Lipinski definition) is 0. The van der Waals surface area contributed by atoms with Gasteiger partial charge in [0.15, 0.2) is 10.9 Å². The second-order valence-corrected chi connectivity index (χ2v) is 11.1. The van der Waals surface area contributed by atoms with E-state index in [1.165, 1.54) is 22.2 Å². The Balaban J connectivity index is 1.41. The molecule has 5 aromatic rings. The van der Waals surface area contributed by atoms with Gasteiger partial charge < -0.3 is 0 Å². The lowest BCUT2D eigenvalue weighted by atomic mass is 9.97. The van der Waals surface area contributed by atoms with Gasteiger partial charge in [-0.25, -0.2) is 4.98 Å². The van der Waals surface area contributed by atoms with Crippen LogP contribution in [-0.4, -0.2) is 21.1 Å². The number of carbonyl (C=O) groups excluding carboxylic acids is 1. The first kappa shape index (κ1) is 22.3. The number of thiophene rings is 1. The number of aryl methyl sites for hydroxylation is 3. The van der Waals surface area contributed by atoms with Gasteiger partial charge in [0.05, 0.1) is 16.8 Å². The molecule has 1 aliphatic rings. The Morgan fingerprint density at radius 2 is 1.77 bits per heavy atom. The summed E-state index contributed by atoms with van der Waals surface area (Å²) in [6.45, 7) is 2.03. The van der Waals surface area contributed by atoms with Crippen LogP contribution in [0.3, 0.4) is 0 Å². The number of nitrogens with zero attached hydrogens (tertiary/aromatic N) is 2. The van der Waals surface area contributed by atoms with Crippen molar-refractivity contribution in [2.45, 2.75) is 37.8 Å². The maximum atomic E-state index is 13.9. The highest BCUT2D eigenvalue weighted by Gasteiger charge is 2.23. The van der Waals surface area contributed by atoms with Crippen LogP contribution in [-0.2, 0) is 12.8 Å². The molecule has 35 heavy (non-hydrogen) atoms. The minimum absolute atomic E-state index is 0.0241. The Bertz CT molecular complexity index is 1650. The maximum Gasteiger partial charge on any atom is 0.267 e. The van der Waals surface area contributed by atoms with Crippen molar-refractivity contribution >= 4 is 49.9 Å². The number of aromatic nitrogens is 2. The van der Waals surface area contributed by atoms with Crippen molar-refractivity contribution in [1.29, 1.82) is 0 Å².